The second-order valence-corrected chi connectivity index (χ2v) is 3.70. The minimum Gasteiger partial charge on any atom is -0.388 e. The number of aromatic amines is 1. The van der Waals surface area contributed by atoms with Crippen LogP contribution in [0.15, 0.2) is 18.5 Å². The lowest BCUT2D eigenvalue weighted by Crippen LogP contribution is -2.33. The van der Waals surface area contributed by atoms with E-state index in [1.54, 1.807) is 0 Å². The Labute approximate surface area is 78.2 Å². The summed E-state index contributed by atoms with van der Waals surface area (Å²) in [5, 5.41) is 13.3. The fourth-order valence-corrected chi connectivity index (χ4v) is 1.94. The van der Waals surface area contributed by atoms with Crippen molar-refractivity contribution in [2.45, 2.75) is 18.9 Å². The Bertz CT molecular complexity index is 239. The van der Waals surface area contributed by atoms with Crippen LogP contribution in [-0.4, -0.2) is 23.2 Å². The number of rotatable bonds is 2. The van der Waals surface area contributed by atoms with E-state index in [0.717, 1.165) is 25.1 Å². The third-order valence-corrected chi connectivity index (χ3v) is 2.75. The van der Waals surface area contributed by atoms with Crippen LogP contribution in [0.3, 0.4) is 0 Å². The van der Waals surface area contributed by atoms with E-state index >= 15 is 0 Å². The fourth-order valence-electron chi connectivity index (χ4n) is 1.94. The van der Waals surface area contributed by atoms with Gasteiger partial charge in [-0.05, 0) is 31.0 Å². The van der Waals surface area contributed by atoms with Crippen molar-refractivity contribution in [2.75, 3.05) is 13.1 Å². The van der Waals surface area contributed by atoms with Crippen LogP contribution < -0.4 is 5.32 Å². The highest BCUT2D eigenvalue weighted by Gasteiger charge is 2.22. The normalized spacial score (nSPS) is 25.8. The van der Waals surface area contributed by atoms with Crippen molar-refractivity contribution in [3.05, 3.63) is 24.0 Å². The second-order valence-electron chi connectivity index (χ2n) is 3.70. The summed E-state index contributed by atoms with van der Waals surface area (Å²) in [6, 6.07) is 1.94. The van der Waals surface area contributed by atoms with Crippen LogP contribution in [0.1, 0.15) is 24.5 Å². The number of hydrogen-bond acceptors (Lipinski definition) is 2. The van der Waals surface area contributed by atoms with Gasteiger partial charge in [0.2, 0.25) is 0 Å². The number of nitrogens with one attached hydrogen (secondary N) is 2. The molecule has 0 radical (unpaired) electrons. The Morgan fingerprint density at radius 3 is 3.08 bits per heavy atom. The van der Waals surface area contributed by atoms with Gasteiger partial charge < -0.3 is 15.4 Å². The third-order valence-electron chi connectivity index (χ3n) is 2.75. The maximum Gasteiger partial charge on any atom is 0.0844 e. The lowest BCUT2D eigenvalue weighted by molar-refractivity contribution is 0.0923. The van der Waals surface area contributed by atoms with Gasteiger partial charge in [-0.3, -0.25) is 0 Å². The molecule has 2 unspecified atom stereocenters. The quantitative estimate of drug-likeness (QED) is 0.637. The van der Waals surface area contributed by atoms with Crippen molar-refractivity contribution in [3.8, 4) is 0 Å². The van der Waals surface area contributed by atoms with Gasteiger partial charge in [0.15, 0.2) is 0 Å². The molecule has 0 bridgehead atoms. The first-order valence-electron chi connectivity index (χ1n) is 4.89. The van der Waals surface area contributed by atoms with Crippen LogP contribution in [0.25, 0.3) is 0 Å². The molecule has 72 valence electrons. The van der Waals surface area contributed by atoms with E-state index in [1.807, 2.05) is 18.5 Å². The van der Waals surface area contributed by atoms with Crippen LogP contribution in [0, 0.1) is 5.92 Å². The van der Waals surface area contributed by atoms with Crippen LogP contribution in [0.2, 0.25) is 0 Å². The highest BCUT2D eigenvalue weighted by molar-refractivity contribution is 5.13. The molecular weight excluding hydrogens is 164 g/mol. The summed E-state index contributed by atoms with van der Waals surface area (Å²) < 4.78 is 0. The Balaban J connectivity index is 1.99. The first-order valence-corrected chi connectivity index (χ1v) is 4.89. The second kappa shape index (κ2) is 3.94. The molecule has 0 amide bonds. The molecule has 13 heavy (non-hydrogen) atoms. The van der Waals surface area contributed by atoms with Gasteiger partial charge in [0.05, 0.1) is 6.10 Å². The third kappa shape index (κ3) is 1.92. The maximum atomic E-state index is 9.97. The first-order chi connectivity index (χ1) is 6.38. The lowest BCUT2D eigenvalue weighted by atomic mass is 9.91. The average Bonchev–Trinajstić information content (AvgIpc) is 2.71. The molecule has 1 aromatic rings. The average molecular weight is 180 g/mol. The summed E-state index contributed by atoms with van der Waals surface area (Å²) in [5.41, 5.74) is 1.01. The summed E-state index contributed by atoms with van der Waals surface area (Å²) in [6.07, 6.45) is 5.72. The minimum absolute atomic E-state index is 0.306. The molecule has 0 spiro atoms. The van der Waals surface area contributed by atoms with Crippen molar-refractivity contribution in [1.82, 2.24) is 10.3 Å². The molecule has 2 atom stereocenters. The lowest BCUT2D eigenvalue weighted by Gasteiger charge is -2.26. The molecule has 2 heterocycles. The van der Waals surface area contributed by atoms with Gasteiger partial charge in [0.25, 0.3) is 0 Å². The largest absolute Gasteiger partial charge is 0.388 e. The topological polar surface area (TPSA) is 48.0 Å². The molecule has 1 aliphatic heterocycles. The van der Waals surface area contributed by atoms with Gasteiger partial charge in [-0.1, -0.05) is 0 Å². The van der Waals surface area contributed by atoms with Crippen LogP contribution in [0.4, 0.5) is 0 Å². The molecule has 1 aromatic heterocycles. The Hall–Kier alpha value is -0.800. The van der Waals surface area contributed by atoms with Crippen molar-refractivity contribution >= 4 is 0 Å². The molecule has 0 aromatic carbocycles. The highest BCUT2D eigenvalue weighted by Crippen LogP contribution is 2.26. The van der Waals surface area contributed by atoms with E-state index in [-0.39, 0.29) is 6.10 Å². The molecule has 1 aliphatic rings. The van der Waals surface area contributed by atoms with E-state index in [0.29, 0.717) is 5.92 Å². The van der Waals surface area contributed by atoms with Gasteiger partial charge in [0, 0.05) is 24.9 Å². The molecule has 2 rings (SSSR count). The van der Waals surface area contributed by atoms with Crippen molar-refractivity contribution in [1.29, 1.82) is 0 Å². The van der Waals surface area contributed by atoms with Gasteiger partial charge >= 0.3 is 0 Å². The van der Waals surface area contributed by atoms with Gasteiger partial charge in [-0.15, -0.1) is 0 Å². The van der Waals surface area contributed by atoms with E-state index in [1.165, 1.54) is 6.42 Å². The molecule has 1 saturated heterocycles. The maximum absolute atomic E-state index is 9.97. The number of aromatic nitrogens is 1. The molecular formula is C10H16N2O. The summed E-state index contributed by atoms with van der Waals surface area (Å²) in [7, 11) is 0. The number of piperidine rings is 1. The molecule has 3 heteroatoms. The predicted molar refractivity (Wildman–Crippen MR) is 51.3 cm³/mol. The van der Waals surface area contributed by atoms with E-state index in [2.05, 4.69) is 10.3 Å². The monoisotopic (exact) mass is 180 g/mol. The Kier molecular flexibility index (Phi) is 2.66. The summed E-state index contributed by atoms with van der Waals surface area (Å²) in [5.74, 6) is 0.379. The van der Waals surface area contributed by atoms with E-state index < -0.39 is 0 Å². The van der Waals surface area contributed by atoms with Crippen LogP contribution in [-0.2, 0) is 0 Å². The SMILES string of the molecule is OC(c1cc[nH]c1)C1CCCNC1. The number of aliphatic hydroxyl groups is 1. The number of H-pyrrole nitrogens is 1. The first kappa shape index (κ1) is 8.78. The standard InChI is InChI=1S/C10H16N2O/c13-10(9-3-5-12-7-9)8-2-1-4-11-6-8/h3,5,7-8,10-13H,1-2,4,6H2. The zero-order valence-electron chi connectivity index (χ0n) is 7.66. The Morgan fingerprint density at radius 2 is 2.46 bits per heavy atom. The zero-order chi connectivity index (χ0) is 9.10. The molecule has 1 fully saturated rings. The predicted octanol–water partition coefficient (Wildman–Crippen LogP) is 1.05. The Morgan fingerprint density at radius 1 is 1.54 bits per heavy atom. The van der Waals surface area contributed by atoms with Gasteiger partial charge in [-0.25, -0.2) is 0 Å². The molecule has 3 N–H and O–H groups in total. The van der Waals surface area contributed by atoms with Crippen molar-refractivity contribution in [3.63, 3.8) is 0 Å². The van der Waals surface area contributed by atoms with Crippen LogP contribution in [0.5, 0.6) is 0 Å². The zero-order valence-corrected chi connectivity index (χ0v) is 7.66. The summed E-state index contributed by atoms with van der Waals surface area (Å²) in [6.45, 7) is 2.03. The number of hydrogen-bond donors (Lipinski definition) is 3. The summed E-state index contributed by atoms with van der Waals surface area (Å²) in [4.78, 5) is 2.97. The molecule has 0 saturated carbocycles. The van der Waals surface area contributed by atoms with Gasteiger partial charge in [0.1, 0.15) is 0 Å². The van der Waals surface area contributed by atoms with Crippen molar-refractivity contribution in [2.24, 2.45) is 5.92 Å². The summed E-state index contributed by atoms with van der Waals surface area (Å²) >= 11 is 0. The fraction of sp³-hybridized carbons (Fsp3) is 0.600. The minimum atomic E-state index is -0.306. The molecule has 0 aliphatic carbocycles. The van der Waals surface area contributed by atoms with E-state index in [9.17, 15) is 5.11 Å². The molecule has 3 nitrogen and oxygen atoms in total. The highest BCUT2D eigenvalue weighted by atomic mass is 16.3. The van der Waals surface area contributed by atoms with Gasteiger partial charge in [-0.2, -0.15) is 0 Å². The van der Waals surface area contributed by atoms with E-state index in [4.69, 9.17) is 0 Å². The smallest absolute Gasteiger partial charge is 0.0844 e. The number of aliphatic hydroxyl groups excluding tert-OH is 1. The van der Waals surface area contributed by atoms with Crippen molar-refractivity contribution < 1.29 is 5.11 Å². The van der Waals surface area contributed by atoms with Crippen LogP contribution >= 0.6 is 0 Å².